The van der Waals surface area contributed by atoms with Gasteiger partial charge in [-0.1, -0.05) is 6.92 Å². The van der Waals surface area contributed by atoms with Crippen LogP contribution in [0.3, 0.4) is 0 Å². The summed E-state index contributed by atoms with van der Waals surface area (Å²) in [7, 11) is -3.38. The number of hydrazone groups is 1. The number of anilines is 2. The fourth-order valence-electron chi connectivity index (χ4n) is 2.82. The fraction of sp³-hybridized carbons (Fsp3) is 0.438. The summed E-state index contributed by atoms with van der Waals surface area (Å²) in [6, 6.07) is 6.53. The van der Waals surface area contributed by atoms with Crippen molar-refractivity contribution in [1.29, 1.82) is 10.7 Å². The highest BCUT2D eigenvalue weighted by Gasteiger charge is 2.23. The predicted octanol–water partition coefficient (Wildman–Crippen LogP) is 1.55. The van der Waals surface area contributed by atoms with E-state index in [0.717, 1.165) is 25.9 Å². The molecule has 1 saturated heterocycles. The Kier molecular flexibility index (Phi) is 5.64. The van der Waals surface area contributed by atoms with Gasteiger partial charge in [0, 0.05) is 19.3 Å². The van der Waals surface area contributed by atoms with E-state index in [9.17, 15) is 8.42 Å². The van der Waals surface area contributed by atoms with E-state index in [0.29, 0.717) is 17.3 Å². The number of amidine groups is 1. The van der Waals surface area contributed by atoms with Crippen LogP contribution in [0, 0.1) is 22.7 Å². The monoisotopic (exact) mass is 362 g/mol. The number of benzene rings is 1. The Morgan fingerprint density at radius 1 is 1.52 bits per heavy atom. The smallest absolute Gasteiger partial charge is 0.201 e. The molecule has 1 unspecified atom stereocenters. The van der Waals surface area contributed by atoms with Crippen LogP contribution in [0.2, 0.25) is 0 Å². The van der Waals surface area contributed by atoms with E-state index in [2.05, 4.69) is 22.4 Å². The van der Waals surface area contributed by atoms with E-state index in [1.165, 1.54) is 12.3 Å². The maximum atomic E-state index is 12.1. The second kappa shape index (κ2) is 7.53. The molecule has 1 aliphatic heterocycles. The highest BCUT2D eigenvalue weighted by atomic mass is 32.2. The van der Waals surface area contributed by atoms with Gasteiger partial charge in [-0.25, -0.2) is 8.42 Å². The number of piperidine rings is 1. The van der Waals surface area contributed by atoms with Crippen LogP contribution in [0.1, 0.15) is 19.8 Å². The first-order chi connectivity index (χ1) is 11.7. The minimum atomic E-state index is -3.38. The maximum absolute atomic E-state index is 12.1. The summed E-state index contributed by atoms with van der Waals surface area (Å²) in [5.74, 6) is 0.0477. The highest BCUT2D eigenvalue weighted by molar-refractivity contribution is 7.90. The zero-order valence-corrected chi connectivity index (χ0v) is 15.1. The van der Waals surface area contributed by atoms with Crippen LogP contribution in [0.25, 0.3) is 0 Å². The molecule has 1 aliphatic rings. The van der Waals surface area contributed by atoms with E-state index in [-0.39, 0.29) is 10.6 Å². The number of hydrogen-bond acceptors (Lipinski definition) is 7. The van der Waals surface area contributed by atoms with Gasteiger partial charge in [0.1, 0.15) is 6.07 Å². The maximum Gasteiger partial charge on any atom is 0.201 e. The van der Waals surface area contributed by atoms with Crippen molar-refractivity contribution < 1.29 is 8.42 Å². The molecule has 0 spiro atoms. The summed E-state index contributed by atoms with van der Waals surface area (Å²) < 4.78 is 24.3. The lowest BCUT2D eigenvalue weighted by Crippen LogP contribution is -2.35. The third kappa shape index (κ3) is 4.70. The van der Waals surface area contributed by atoms with Gasteiger partial charge in [-0.2, -0.15) is 10.4 Å². The Bertz CT molecular complexity index is 841. The van der Waals surface area contributed by atoms with E-state index in [1.807, 2.05) is 0 Å². The molecule has 25 heavy (non-hydrogen) atoms. The molecule has 1 heterocycles. The summed E-state index contributed by atoms with van der Waals surface area (Å²) in [5.41, 5.74) is 8.83. The molecule has 1 aromatic carbocycles. The van der Waals surface area contributed by atoms with E-state index in [4.69, 9.17) is 16.4 Å². The molecule has 0 bridgehead atoms. The van der Waals surface area contributed by atoms with Crippen LogP contribution in [-0.4, -0.2) is 39.3 Å². The molecule has 0 amide bonds. The number of nitrogens with one attached hydrogen (secondary N) is 2. The van der Waals surface area contributed by atoms with Gasteiger partial charge in [-0.15, -0.1) is 0 Å². The summed E-state index contributed by atoms with van der Waals surface area (Å²) in [4.78, 5) is 2.33. The number of rotatable bonds is 5. The van der Waals surface area contributed by atoms with Crippen molar-refractivity contribution >= 4 is 32.8 Å². The Morgan fingerprint density at radius 2 is 2.24 bits per heavy atom. The molecular formula is C16H22N6O2S. The molecule has 134 valence electrons. The summed E-state index contributed by atoms with van der Waals surface area (Å²) in [5, 5.41) is 19.9. The van der Waals surface area contributed by atoms with Gasteiger partial charge in [0.05, 0.1) is 16.3 Å². The molecule has 1 fully saturated rings. The average molecular weight is 362 g/mol. The first-order valence-electron chi connectivity index (χ1n) is 7.89. The lowest BCUT2D eigenvalue weighted by molar-refractivity contribution is 0.445. The summed E-state index contributed by atoms with van der Waals surface area (Å²) in [6.45, 7) is 3.72. The largest absolute Gasteiger partial charge is 0.382 e. The van der Waals surface area contributed by atoms with Gasteiger partial charge in [0.2, 0.25) is 5.71 Å². The van der Waals surface area contributed by atoms with Crippen molar-refractivity contribution in [2.24, 2.45) is 16.8 Å². The van der Waals surface area contributed by atoms with Crippen molar-refractivity contribution in [2.75, 3.05) is 29.7 Å². The van der Waals surface area contributed by atoms with Crippen molar-refractivity contribution in [1.82, 2.24) is 0 Å². The first kappa shape index (κ1) is 18.7. The fourth-order valence-corrected chi connectivity index (χ4v) is 3.70. The lowest BCUT2D eigenvalue weighted by atomic mass is 10.00. The van der Waals surface area contributed by atoms with Crippen LogP contribution in [0.5, 0.6) is 0 Å². The summed E-state index contributed by atoms with van der Waals surface area (Å²) >= 11 is 0. The third-order valence-corrected chi connectivity index (χ3v) is 5.16. The first-order valence-corrected chi connectivity index (χ1v) is 9.78. The zero-order chi connectivity index (χ0) is 18.6. The average Bonchev–Trinajstić information content (AvgIpc) is 2.54. The van der Waals surface area contributed by atoms with E-state index in [1.54, 1.807) is 18.2 Å². The summed E-state index contributed by atoms with van der Waals surface area (Å²) in [6.07, 6.45) is 3.31. The van der Waals surface area contributed by atoms with Crippen molar-refractivity contribution in [3.05, 3.63) is 18.2 Å². The zero-order valence-electron chi connectivity index (χ0n) is 14.3. The number of nitrogens with zero attached hydrogens (tertiary/aromatic N) is 3. The Balaban J connectivity index is 2.41. The molecule has 0 saturated carbocycles. The third-order valence-electron chi connectivity index (χ3n) is 4.01. The second-order valence-electron chi connectivity index (χ2n) is 6.25. The van der Waals surface area contributed by atoms with E-state index >= 15 is 0 Å². The predicted molar refractivity (Wildman–Crippen MR) is 98.7 cm³/mol. The topological polar surface area (TPSA) is 135 Å². The molecule has 1 atom stereocenters. The highest BCUT2D eigenvalue weighted by Crippen LogP contribution is 2.32. The van der Waals surface area contributed by atoms with Crippen molar-refractivity contribution in [3.63, 3.8) is 0 Å². The number of nitriles is 1. The molecule has 0 aromatic heterocycles. The Labute approximate surface area is 147 Å². The van der Waals surface area contributed by atoms with Crippen LogP contribution in [0.4, 0.5) is 11.4 Å². The lowest BCUT2D eigenvalue weighted by Gasteiger charge is -2.34. The second-order valence-corrected chi connectivity index (χ2v) is 8.23. The van der Waals surface area contributed by atoms with Gasteiger partial charge in [-0.3, -0.25) is 10.8 Å². The Morgan fingerprint density at radius 3 is 2.80 bits per heavy atom. The van der Waals surface area contributed by atoms with Gasteiger partial charge in [-0.05, 0) is 37.0 Å². The van der Waals surface area contributed by atoms with Gasteiger partial charge in [0.15, 0.2) is 15.7 Å². The molecule has 1 aromatic rings. The van der Waals surface area contributed by atoms with Crippen LogP contribution in [-0.2, 0) is 9.84 Å². The molecule has 8 nitrogen and oxygen atoms in total. The number of nitrogens with two attached hydrogens (primary N) is 1. The minimum absolute atomic E-state index is 0.236. The quantitative estimate of drug-likeness (QED) is 0.413. The van der Waals surface area contributed by atoms with Crippen LogP contribution in [0.15, 0.2) is 28.2 Å². The molecule has 2 rings (SSSR count). The SMILES string of the molecule is CC1CCCN(c2cc(N/N=C(\C#N)C(=N)N)ccc2S(C)(=O)=O)C1. The Hall–Kier alpha value is -2.60. The molecule has 4 N–H and O–H groups in total. The standard InChI is InChI=1S/C16H22N6O2S/c1-11-4-3-7-22(10-11)14-8-12(5-6-15(14)25(2,23)24)20-21-13(9-17)16(18)19/h5-6,8,11,20H,3-4,7,10H2,1-2H3,(H3,18,19)/b21-13+. The van der Waals surface area contributed by atoms with Gasteiger partial charge in [0.25, 0.3) is 0 Å². The van der Waals surface area contributed by atoms with Crippen molar-refractivity contribution in [3.8, 4) is 6.07 Å². The molecule has 0 aliphatic carbocycles. The van der Waals surface area contributed by atoms with Gasteiger partial charge < -0.3 is 10.6 Å². The normalized spacial score (nSPS) is 18.5. The number of sulfone groups is 1. The van der Waals surface area contributed by atoms with Crippen LogP contribution >= 0.6 is 0 Å². The molecule has 9 heteroatoms. The molecule has 0 radical (unpaired) electrons. The van der Waals surface area contributed by atoms with Gasteiger partial charge >= 0.3 is 0 Å². The van der Waals surface area contributed by atoms with Crippen LogP contribution < -0.4 is 16.1 Å². The minimum Gasteiger partial charge on any atom is -0.382 e. The van der Waals surface area contributed by atoms with Crippen molar-refractivity contribution in [2.45, 2.75) is 24.7 Å². The molecular weight excluding hydrogens is 340 g/mol. The number of hydrogen-bond donors (Lipinski definition) is 3. The van der Waals surface area contributed by atoms with E-state index < -0.39 is 15.7 Å².